The number of carbonyl (C=O) groups is 2. The minimum atomic E-state index is -4.45. The van der Waals surface area contributed by atoms with Crippen LogP contribution in [0.15, 0.2) is 48.7 Å². The molecule has 3 heterocycles. The number of benzene rings is 2. The van der Waals surface area contributed by atoms with E-state index in [2.05, 4.69) is 10.3 Å². The van der Waals surface area contributed by atoms with E-state index in [0.717, 1.165) is 29.0 Å². The highest BCUT2D eigenvalue weighted by molar-refractivity contribution is 5.93. The number of pyridine rings is 1. The highest BCUT2D eigenvalue weighted by Gasteiger charge is 2.59. The zero-order valence-electron chi connectivity index (χ0n) is 19.9. The predicted octanol–water partition coefficient (Wildman–Crippen LogP) is 5.76. The molecule has 3 atom stereocenters. The Morgan fingerprint density at radius 3 is 2.81 bits per heavy atom. The average molecular weight is 508 g/mol. The molecule has 1 fully saturated rings. The number of Topliss-reactive ketones (excluding diaryl/α,β-unsaturated/α-hetero) is 1. The van der Waals surface area contributed by atoms with Crippen LogP contribution in [0.25, 0.3) is 0 Å². The van der Waals surface area contributed by atoms with E-state index in [-0.39, 0.29) is 42.5 Å². The number of nitrogens with one attached hydrogen (secondary N) is 1. The van der Waals surface area contributed by atoms with Crippen molar-refractivity contribution in [3.05, 3.63) is 76.5 Å². The normalized spacial score (nSPS) is 21.3. The van der Waals surface area contributed by atoms with Gasteiger partial charge in [-0.1, -0.05) is 11.6 Å². The predicted molar refractivity (Wildman–Crippen MR) is 128 cm³/mol. The molecule has 6 nitrogen and oxygen atoms in total. The number of halogens is 3. The maximum absolute atomic E-state index is 13.1. The molecule has 0 radical (unpaired) electrons. The second-order valence-corrected chi connectivity index (χ2v) is 9.88. The number of hydrogen-bond donors (Lipinski definition) is 1. The second kappa shape index (κ2) is 8.61. The molecular weight excluding hydrogens is 485 g/mol. The summed E-state index contributed by atoms with van der Waals surface area (Å²) in [6, 6.07) is 11.1. The van der Waals surface area contributed by atoms with Gasteiger partial charge in [0.25, 0.3) is 0 Å². The molecule has 1 aromatic heterocycles. The molecule has 6 rings (SSSR count). The SMILES string of the molecule is Cc1cc(CC(=O)C[C@@H]2[C@H]3Oc4ccc(Oc5ccnc6c5CCC(=O)N6)cc4[C@@H]23)cc(C(F)(F)F)c1. The van der Waals surface area contributed by atoms with Gasteiger partial charge in [0.2, 0.25) is 5.91 Å². The maximum Gasteiger partial charge on any atom is 0.416 e. The van der Waals surface area contributed by atoms with Gasteiger partial charge in [0.1, 0.15) is 35.0 Å². The van der Waals surface area contributed by atoms with Crippen molar-refractivity contribution >= 4 is 17.5 Å². The summed E-state index contributed by atoms with van der Waals surface area (Å²) in [5.74, 6) is 2.36. The number of nitrogens with zero attached hydrogens (tertiary/aromatic N) is 1. The first kappa shape index (κ1) is 23.5. The Hall–Kier alpha value is -3.88. The van der Waals surface area contributed by atoms with Gasteiger partial charge >= 0.3 is 6.18 Å². The Morgan fingerprint density at radius 2 is 2.00 bits per heavy atom. The first-order valence-electron chi connectivity index (χ1n) is 12.1. The van der Waals surface area contributed by atoms with Gasteiger partial charge in [0.05, 0.1) is 5.56 Å². The third-order valence-electron chi connectivity index (χ3n) is 7.13. The lowest BCUT2D eigenvalue weighted by Crippen LogP contribution is -2.20. The molecule has 3 aromatic rings. The molecule has 190 valence electrons. The van der Waals surface area contributed by atoms with Gasteiger partial charge in [-0.25, -0.2) is 4.98 Å². The minimum Gasteiger partial charge on any atom is -0.489 e. The number of ketones is 1. The molecule has 1 aliphatic carbocycles. The van der Waals surface area contributed by atoms with E-state index in [4.69, 9.17) is 9.47 Å². The molecule has 0 saturated heterocycles. The van der Waals surface area contributed by atoms with Crippen molar-refractivity contribution in [1.82, 2.24) is 4.98 Å². The van der Waals surface area contributed by atoms with E-state index in [9.17, 15) is 22.8 Å². The first-order valence-corrected chi connectivity index (χ1v) is 12.1. The van der Waals surface area contributed by atoms with Crippen molar-refractivity contribution in [3.8, 4) is 17.2 Å². The summed E-state index contributed by atoms with van der Waals surface area (Å²) in [6.45, 7) is 1.59. The molecular formula is C28H23F3N2O4. The fourth-order valence-corrected chi connectivity index (χ4v) is 5.43. The monoisotopic (exact) mass is 508 g/mol. The number of amides is 1. The number of hydrogen-bond acceptors (Lipinski definition) is 5. The lowest BCUT2D eigenvalue weighted by atomic mass is 9.99. The molecule has 37 heavy (non-hydrogen) atoms. The van der Waals surface area contributed by atoms with Crippen molar-refractivity contribution in [2.75, 3.05) is 5.32 Å². The topological polar surface area (TPSA) is 77.5 Å². The van der Waals surface area contributed by atoms with E-state index < -0.39 is 11.7 Å². The Labute approximate surface area is 210 Å². The lowest BCUT2D eigenvalue weighted by Gasteiger charge is -2.19. The van der Waals surface area contributed by atoms with E-state index in [1.165, 1.54) is 0 Å². The minimum absolute atomic E-state index is 0.00829. The molecule has 1 amide bonds. The molecule has 2 aromatic carbocycles. The largest absolute Gasteiger partial charge is 0.489 e. The number of carbonyl (C=O) groups excluding carboxylic acids is 2. The van der Waals surface area contributed by atoms with Crippen LogP contribution in [0.5, 0.6) is 17.2 Å². The van der Waals surface area contributed by atoms with Crippen LogP contribution in [-0.4, -0.2) is 22.8 Å². The van der Waals surface area contributed by atoms with E-state index in [1.807, 2.05) is 18.2 Å². The number of alkyl halides is 3. The number of rotatable bonds is 6. The molecule has 3 aliphatic rings. The van der Waals surface area contributed by atoms with Crippen LogP contribution in [0.1, 0.15) is 46.6 Å². The molecule has 0 bridgehead atoms. The fraction of sp³-hybridized carbons (Fsp3) is 0.321. The van der Waals surface area contributed by atoms with Gasteiger partial charge in [-0.05, 0) is 55.3 Å². The Balaban J connectivity index is 1.13. The van der Waals surface area contributed by atoms with Crippen molar-refractivity contribution < 1.29 is 32.2 Å². The number of ether oxygens (including phenoxy) is 2. The molecule has 0 unspecified atom stereocenters. The average Bonchev–Trinajstić information content (AvgIpc) is 3.34. The number of aryl methyl sites for hydroxylation is 1. The Morgan fingerprint density at radius 1 is 1.16 bits per heavy atom. The second-order valence-electron chi connectivity index (χ2n) is 9.88. The van der Waals surface area contributed by atoms with Crippen molar-refractivity contribution in [3.63, 3.8) is 0 Å². The molecule has 9 heteroatoms. The van der Waals surface area contributed by atoms with Gasteiger partial charge in [-0.15, -0.1) is 0 Å². The molecule has 2 aliphatic heterocycles. The van der Waals surface area contributed by atoms with Crippen LogP contribution in [0, 0.1) is 12.8 Å². The highest BCUT2D eigenvalue weighted by Crippen LogP contribution is 2.60. The van der Waals surface area contributed by atoms with Gasteiger partial charge in [0.15, 0.2) is 0 Å². The first-order chi connectivity index (χ1) is 17.7. The summed E-state index contributed by atoms with van der Waals surface area (Å²) in [5.41, 5.74) is 1.92. The number of aromatic nitrogens is 1. The van der Waals surface area contributed by atoms with Crippen molar-refractivity contribution in [2.24, 2.45) is 5.92 Å². The third-order valence-corrected chi connectivity index (χ3v) is 7.13. The van der Waals surface area contributed by atoms with Crippen LogP contribution in [0.4, 0.5) is 19.0 Å². The summed E-state index contributed by atoms with van der Waals surface area (Å²) in [4.78, 5) is 28.6. The third kappa shape index (κ3) is 4.54. The van der Waals surface area contributed by atoms with E-state index in [1.54, 1.807) is 25.3 Å². The van der Waals surface area contributed by atoms with Crippen molar-refractivity contribution in [2.45, 2.75) is 50.8 Å². The zero-order valence-corrected chi connectivity index (χ0v) is 19.9. The van der Waals surface area contributed by atoms with Gasteiger partial charge in [0, 0.05) is 48.4 Å². The summed E-state index contributed by atoms with van der Waals surface area (Å²) < 4.78 is 51.6. The summed E-state index contributed by atoms with van der Waals surface area (Å²) in [5, 5.41) is 2.76. The highest BCUT2D eigenvalue weighted by atomic mass is 19.4. The maximum atomic E-state index is 13.1. The van der Waals surface area contributed by atoms with Crippen LogP contribution in [0.2, 0.25) is 0 Å². The Bertz CT molecular complexity index is 1440. The smallest absolute Gasteiger partial charge is 0.416 e. The van der Waals surface area contributed by atoms with Crippen LogP contribution >= 0.6 is 0 Å². The van der Waals surface area contributed by atoms with Crippen LogP contribution < -0.4 is 14.8 Å². The fourth-order valence-electron chi connectivity index (χ4n) is 5.43. The quantitative estimate of drug-likeness (QED) is 0.458. The standard InChI is InChI=1S/C28H23F3N2O4/c1-14-8-15(10-16(9-14)28(29,30)31)11-17(34)12-21-25-20-13-18(2-4-22(20)37-26(21)25)36-23-6-7-32-27-19(23)3-5-24(35)33-27/h2,4,6-10,13,21,25-26H,3,5,11-12H2,1H3,(H,32,33,35)/t21-,25-,26+/m0/s1. The number of anilines is 1. The summed E-state index contributed by atoms with van der Waals surface area (Å²) in [6.07, 6.45) is -1.86. The molecule has 1 N–H and O–H groups in total. The molecule has 1 saturated carbocycles. The summed E-state index contributed by atoms with van der Waals surface area (Å²) in [7, 11) is 0. The van der Waals surface area contributed by atoms with Gasteiger partial charge in [-0.2, -0.15) is 13.2 Å². The molecule has 0 spiro atoms. The lowest BCUT2D eigenvalue weighted by molar-refractivity contribution is -0.137. The van der Waals surface area contributed by atoms with Crippen LogP contribution in [-0.2, 0) is 28.6 Å². The Kier molecular flexibility index (Phi) is 5.47. The van der Waals surface area contributed by atoms with Crippen molar-refractivity contribution in [1.29, 1.82) is 0 Å². The van der Waals surface area contributed by atoms with E-state index >= 15 is 0 Å². The zero-order chi connectivity index (χ0) is 25.9. The number of fused-ring (bicyclic) bond motifs is 4. The van der Waals surface area contributed by atoms with Gasteiger partial charge in [-0.3, -0.25) is 9.59 Å². The van der Waals surface area contributed by atoms with Gasteiger partial charge < -0.3 is 14.8 Å². The van der Waals surface area contributed by atoms with Crippen LogP contribution in [0.3, 0.4) is 0 Å². The summed E-state index contributed by atoms with van der Waals surface area (Å²) >= 11 is 0. The van der Waals surface area contributed by atoms with E-state index in [0.29, 0.717) is 41.3 Å².